The minimum absolute atomic E-state index is 0.164. The van der Waals surface area contributed by atoms with Crippen LogP contribution in [-0.2, 0) is 0 Å². The highest BCUT2D eigenvalue weighted by atomic mass is 32.2. The molecule has 0 saturated heterocycles. The smallest absolute Gasteiger partial charge is 0.137 e. The summed E-state index contributed by atoms with van der Waals surface area (Å²) in [7, 11) is 0. The van der Waals surface area contributed by atoms with Crippen LogP contribution in [0.2, 0.25) is 0 Å². The quantitative estimate of drug-likeness (QED) is 0.232. The van der Waals surface area contributed by atoms with Crippen molar-refractivity contribution < 1.29 is 8.83 Å². The predicted molar refractivity (Wildman–Crippen MR) is 174 cm³/mol. The molecule has 9 rings (SSSR count). The van der Waals surface area contributed by atoms with E-state index in [-0.39, 0.29) is 5.37 Å². The monoisotopic (exact) mass is 560 g/mol. The van der Waals surface area contributed by atoms with Gasteiger partial charge in [-0.3, -0.25) is 0 Å². The Morgan fingerprint density at radius 2 is 1.14 bits per heavy atom. The van der Waals surface area contributed by atoms with Crippen molar-refractivity contribution in [2.75, 3.05) is 10.2 Å². The number of anilines is 4. The molecule has 1 aliphatic heterocycles. The number of benzene rings is 6. The van der Waals surface area contributed by atoms with Gasteiger partial charge in [0.1, 0.15) is 27.7 Å². The van der Waals surface area contributed by atoms with E-state index in [1.807, 2.05) is 23.9 Å². The van der Waals surface area contributed by atoms with Crippen LogP contribution in [0.4, 0.5) is 22.7 Å². The first-order valence-corrected chi connectivity index (χ1v) is 14.9. The number of para-hydroxylation sites is 2. The van der Waals surface area contributed by atoms with Crippen LogP contribution in [0, 0.1) is 0 Å². The zero-order valence-electron chi connectivity index (χ0n) is 22.5. The highest BCUT2D eigenvalue weighted by Crippen LogP contribution is 2.52. The summed E-state index contributed by atoms with van der Waals surface area (Å²) in [5.74, 6) is 0. The second-order valence-corrected chi connectivity index (χ2v) is 11.7. The minimum atomic E-state index is 0.164. The number of fused-ring (bicyclic) bond motifs is 8. The molecule has 1 atom stereocenters. The van der Waals surface area contributed by atoms with Crippen molar-refractivity contribution in [2.24, 2.45) is 0 Å². The molecule has 1 aliphatic rings. The molecule has 0 aliphatic carbocycles. The molecule has 0 radical (unpaired) electrons. The van der Waals surface area contributed by atoms with Crippen molar-refractivity contribution in [3.05, 3.63) is 139 Å². The fraction of sp³-hybridized carbons (Fsp3) is 0.0270. The average Bonchev–Trinajstić information content (AvgIpc) is 3.75. The van der Waals surface area contributed by atoms with Crippen molar-refractivity contribution in [1.29, 1.82) is 0 Å². The van der Waals surface area contributed by atoms with E-state index in [2.05, 4.69) is 132 Å². The Balaban J connectivity index is 1.22. The maximum absolute atomic E-state index is 6.38. The zero-order chi connectivity index (χ0) is 27.6. The molecule has 200 valence electrons. The molecule has 0 saturated carbocycles. The maximum atomic E-state index is 6.38. The Morgan fingerprint density at radius 3 is 1.95 bits per heavy atom. The second-order valence-electron chi connectivity index (χ2n) is 10.6. The summed E-state index contributed by atoms with van der Waals surface area (Å²) >= 11 is 1.85. The lowest BCUT2D eigenvalue weighted by atomic mass is 10.1. The maximum Gasteiger partial charge on any atom is 0.137 e. The molecule has 0 amide bonds. The number of furan rings is 2. The van der Waals surface area contributed by atoms with Crippen LogP contribution >= 0.6 is 11.8 Å². The van der Waals surface area contributed by atoms with Gasteiger partial charge in [-0.2, -0.15) is 0 Å². The van der Waals surface area contributed by atoms with E-state index >= 15 is 0 Å². The Morgan fingerprint density at radius 1 is 0.524 bits per heavy atom. The molecular formula is C37H24N2O2S. The van der Waals surface area contributed by atoms with Crippen LogP contribution < -0.4 is 10.2 Å². The lowest BCUT2D eigenvalue weighted by Gasteiger charge is -2.25. The van der Waals surface area contributed by atoms with Crippen molar-refractivity contribution in [3.63, 3.8) is 0 Å². The molecule has 4 nitrogen and oxygen atoms in total. The summed E-state index contributed by atoms with van der Waals surface area (Å²) in [5.41, 5.74) is 9.16. The SMILES string of the molecule is c1ccc(C2Nc3c(ccc4oc5ccc(N(c6ccccc6)c6ccc7oc8ccccc8c7c6)cc5c34)S2)cc1. The summed E-state index contributed by atoms with van der Waals surface area (Å²) < 4.78 is 12.5. The number of hydrogen-bond acceptors (Lipinski definition) is 5. The molecule has 42 heavy (non-hydrogen) atoms. The highest BCUT2D eigenvalue weighted by molar-refractivity contribution is 8.00. The number of hydrogen-bond donors (Lipinski definition) is 1. The van der Waals surface area contributed by atoms with Gasteiger partial charge in [0, 0.05) is 38.1 Å². The number of nitrogens with zero attached hydrogens (tertiary/aromatic N) is 1. The van der Waals surface area contributed by atoms with Crippen LogP contribution in [0.3, 0.4) is 0 Å². The Labute approximate surface area is 246 Å². The van der Waals surface area contributed by atoms with Gasteiger partial charge in [0.15, 0.2) is 0 Å². The molecule has 5 heteroatoms. The third-order valence-electron chi connectivity index (χ3n) is 8.09. The van der Waals surface area contributed by atoms with E-state index in [4.69, 9.17) is 8.83 Å². The molecule has 0 fully saturated rings. The number of thioether (sulfide) groups is 1. The molecule has 3 heterocycles. The Bertz CT molecular complexity index is 2270. The molecule has 6 aromatic carbocycles. The van der Waals surface area contributed by atoms with Crippen molar-refractivity contribution >= 4 is 78.4 Å². The van der Waals surface area contributed by atoms with E-state index in [0.717, 1.165) is 66.6 Å². The van der Waals surface area contributed by atoms with Gasteiger partial charge in [-0.1, -0.05) is 78.5 Å². The molecule has 1 unspecified atom stereocenters. The van der Waals surface area contributed by atoms with Crippen LogP contribution in [0.5, 0.6) is 0 Å². The lowest BCUT2D eigenvalue weighted by molar-refractivity contribution is 0.668. The van der Waals surface area contributed by atoms with Crippen molar-refractivity contribution in [3.8, 4) is 0 Å². The largest absolute Gasteiger partial charge is 0.456 e. The molecule has 8 aromatic rings. The molecule has 0 spiro atoms. The summed E-state index contributed by atoms with van der Waals surface area (Å²) in [6, 6.07) is 46.5. The summed E-state index contributed by atoms with van der Waals surface area (Å²) in [6.45, 7) is 0. The standard InChI is InChI=1S/C37H24N2O2S/c1-3-9-23(10-4-1)37-38-36-34(42-37)20-19-33-35(36)29-22-26(16-18-32(29)41-33)39(24-11-5-2-6-12-24)25-15-17-31-28(21-25)27-13-7-8-14-30(27)40-31/h1-22,37-38H. The van der Waals surface area contributed by atoms with Gasteiger partial charge in [-0.25, -0.2) is 0 Å². The second kappa shape index (κ2) is 9.20. The summed E-state index contributed by atoms with van der Waals surface area (Å²) in [4.78, 5) is 3.54. The van der Waals surface area contributed by atoms with Crippen LogP contribution in [-0.4, -0.2) is 0 Å². The van der Waals surface area contributed by atoms with E-state index < -0.39 is 0 Å². The average molecular weight is 561 g/mol. The van der Waals surface area contributed by atoms with E-state index in [1.54, 1.807) is 0 Å². The number of nitrogens with one attached hydrogen (secondary N) is 1. The third-order valence-corrected chi connectivity index (χ3v) is 9.31. The number of rotatable bonds is 4. The van der Waals surface area contributed by atoms with Crippen LogP contribution in [0.1, 0.15) is 10.9 Å². The normalized spacial score (nSPS) is 14.5. The Kier molecular flexibility index (Phi) is 5.16. The molecule has 0 bridgehead atoms. The topological polar surface area (TPSA) is 41.6 Å². The van der Waals surface area contributed by atoms with E-state index in [9.17, 15) is 0 Å². The first-order valence-electron chi connectivity index (χ1n) is 14.0. The van der Waals surface area contributed by atoms with Gasteiger partial charge in [-0.05, 0) is 72.3 Å². The fourth-order valence-corrected chi connectivity index (χ4v) is 7.31. The summed E-state index contributed by atoms with van der Waals surface area (Å²) in [6.07, 6.45) is 0. The van der Waals surface area contributed by atoms with Crippen LogP contribution in [0.15, 0.2) is 147 Å². The highest BCUT2D eigenvalue weighted by Gasteiger charge is 2.27. The van der Waals surface area contributed by atoms with Gasteiger partial charge >= 0.3 is 0 Å². The minimum Gasteiger partial charge on any atom is -0.456 e. The zero-order valence-corrected chi connectivity index (χ0v) is 23.3. The van der Waals surface area contributed by atoms with Crippen molar-refractivity contribution in [2.45, 2.75) is 10.3 Å². The molecule has 2 aromatic heterocycles. The predicted octanol–water partition coefficient (Wildman–Crippen LogP) is 11.2. The Hall–Kier alpha value is -5.13. The van der Waals surface area contributed by atoms with Gasteiger partial charge in [-0.15, -0.1) is 0 Å². The lowest BCUT2D eigenvalue weighted by Crippen LogP contribution is -2.09. The first-order chi connectivity index (χ1) is 20.8. The summed E-state index contributed by atoms with van der Waals surface area (Å²) in [5, 5.41) is 8.40. The van der Waals surface area contributed by atoms with Gasteiger partial charge in [0.2, 0.25) is 0 Å². The first kappa shape index (κ1) is 23.6. The molecule has 1 N–H and O–H groups in total. The van der Waals surface area contributed by atoms with Gasteiger partial charge in [0.05, 0.1) is 11.1 Å². The fourth-order valence-electron chi connectivity index (χ4n) is 6.16. The third kappa shape index (κ3) is 3.64. The van der Waals surface area contributed by atoms with Gasteiger partial charge in [0.25, 0.3) is 0 Å². The van der Waals surface area contributed by atoms with Crippen LogP contribution in [0.25, 0.3) is 43.9 Å². The van der Waals surface area contributed by atoms with E-state index in [1.165, 1.54) is 10.5 Å². The van der Waals surface area contributed by atoms with E-state index in [0.29, 0.717) is 0 Å². The van der Waals surface area contributed by atoms with Crippen molar-refractivity contribution in [1.82, 2.24) is 0 Å². The van der Waals surface area contributed by atoms with Gasteiger partial charge < -0.3 is 19.1 Å². The molecular weight excluding hydrogens is 536 g/mol.